The quantitative estimate of drug-likeness (QED) is 0.162. The zero-order valence-corrected chi connectivity index (χ0v) is 23.2. The van der Waals surface area contributed by atoms with Gasteiger partial charge in [0.15, 0.2) is 11.5 Å². The SMILES string of the molecule is Cc1ccc(-c2cc(S(=O)(=O)O)c(Oc3ccc(C(=O)c4ccc(O)cc4)cc3)c(S(=O)(=O)O)c2)cc1S(=O)(=O)O. The minimum absolute atomic E-state index is 0.0400. The molecule has 0 saturated carbocycles. The molecule has 0 fully saturated rings. The van der Waals surface area contributed by atoms with Gasteiger partial charge in [-0.2, -0.15) is 25.3 Å². The van der Waals surface area contributed by atoms with Gasteiger partial charge in [0.25, 0.3) is 30.4 Å². The Morgan fingerprint density at radius 3 is 1.51 bits per heavy atom. The maximum Gasteiger partial charge on any atom is 0.298 e. The van der Waals surface area contributed by atoms with Gasteiger partial charge in [-0.25, -0.2) is 0 Å². The summed E-state index contributed by atoms with van der Waals surface area (Å²) in [6.45, 7) is 1.38. The number of aromatic hydroxyl groups is 1. The monoisotopic (exact) mass is 620 g/mol. The minimum atomic E-state index is -5.22. The third-order valence-electron chi connectivity index (χ3n) is 5.84. The van der Waals surface area contributed by atoms with Crippen LogP contribution in [0.1, 0.15) is 21.5 Å². The fraction of sp³-hybridized carbons (Fsp3) is 0.0385. The van der Waals surface area contributed by atoms with Crippen molar-refractivity contribution in [2.45, 2.75) is 21.6 Å². The van der Waals surface area contributed by atoms with Gasteiger partial charge in [0.05, 0.1) is 4.90 Å². The molecule has 41 heavy (non-hydrogen) atoms. The molecular formula is C26H20O12S3. The van der Waals surface area contributed by atoms with E-state index < -0.39 is 56.6 Å². The Kier molecular flexibility index (Phi) is 7.79. The maximum absolute atomic E-state index is 12.7. The van der Waals surface area contributed by atoms with E-state index in [1.807, 2.05) is 0 Å². The standard InChI is InChI=1S/C26H20O12S3/c1-15-2-3-18(12-22(15)39(29,30)31)19-13-23(40(32,33)34)26(24(14-19)41(35,36)37)38-21-10-6-17(7-11-21)25(28)16-4-8-20(27)9-5-16/h2-14,27H,1H3,(H,29,30,31)(H,32,33,34)(H,35,36,37). The van der Waals surface area contributed by atoms with Gasteiger partial charge in [0, 0.05) is 11.1 Å². The fourth-order valence-corrected chi connectivity index (χ4v) is 6.00. The number of carbonyl (C=O) groups excluding carboxylic acids is 1. The van der Waals surface area contributed by atoms with Crippen LogP contribution in [0.25, 0.3) is 11.1 Å². The van der Waals surface area contributed by atoms with Crippen molar-refractivity contribution >= 4 is 36.1 Å². The Bertz CT molecular complexity index is 1940. The lowest BCUT2D eigenvalue weighted by Crippen LogP contribution is -2.09. The van der Waals surface area contributed by atoms with Crippen LogP contribution in [0.2, 0.25) is 0 Å². The molecule has 0 radical (unpaired) electrons. The van der Waals surface area contributed by atoms with Crippen LogP contribution in [0.3, 0.4) is 0 Å². The largest absolute Gasteiger partial charge is 0.508 e. The number of hydrogen-bond donors (Lipinski definition) is 4. The predicted molar refractivity (Wildman–Crippen MR) is 144 cm³/mol. The van der Waals surface area contributed by atoms with Crippen molar-refractivity contribution in [3.05, 3.63) is 95.6 Å². The molecular weight excluding hydrogens is 600 g/mol. The predicted octanol–water partition coefficient (Wildman–Crippen LogP) is 4.13. The van der Waals surface area contributed by atoms with Crippen LogP contribution in [0.4, 0.5) is 0 Å². The summed E-state index contributed by atoms with van der Waals surface area (Å²) in [5.41, 5.74) is 0.201. The topological polar surface area (TPSA) is 210 Å². The lowest BCUT2D eigenvalue weighted by molar-refractivity contribution is 0.103. The zero-order chi connectivity index (χ0) is 30.3. The second-order valence-corrected chi connectivity index (χ2v) is 12.9. The van der Waals surface area contributed by atoms with Crippen molar-refractivity contribution in [3.8, 4) is 28.4 Å². The van der Waals surface area contributed by atoms with Crippen molar-refractivity contribution in [1.82, 2.24) is 0 Å². The van der Waals surface area contributed by atoms with Gasteiger partial charge in [0.2, 0.25) is 0 Å². The van der Waals surface area contributed by atoms with Crippen LogP contribution in [-0.4, -0.2) is 49.8 Å². The number of hydrogen-bond acceptors (Lipinski definition) is 9. The van der Waals surface area contributed by atoms with Crippen LogP contribution in [0, 0.1) is 6.92 Å². The fourth-order valence-electron chi connectivity index (χ4n) is 3.86. The molecule has 15 heteroatoms. The first-order valence-corrected chi connectivity index (χ1v) is 15.6. The van der Waals surface area contributed by atoms with E-state index in [2.05, 4.69) is 0 Å². The van der Waals surface area contributed by atoms with Crippen molar-refractivity contribution in [1.29, 1.82) is 0 Å². The number of phenols is 1. The van der Waals surface area contributed by atoms with Gasteiger partial charge in [-0.15, -0.1) is 0 Å². The lowest BCUT2D eigenvalue weighted by atomic mass is 10.0. The number of benzene rings is 4. The van der Waals surface area contributed by atoms with Crippen LogP contribution in [0.15, 0.2) is 93.5 Å². The molecule has 0 aliphatic heterocycles. The summed E-state index contributed by atoms with van der Waals surface area (Å²) in [5, 5.41) is 9.40. The Balaban J connectivity index is 1.83. The summed E-state index contributed by atoms with van der Waals surface area (Å²) < 4.78 is 108. The van der Waals surface area contributed by atoms with Gasteiger partial charge >= 0.3 is 0 Å². The van der Waals surface area contributed by atoms with Crippen molar-refractivity contribution in [2.24, 2.45) is 0 Å². The molecule has 0 aliphatic carbocycles. The summed E-state index contributed by atoms with van der Waals surface area (Å²) in [6.07, 6.45) is 0. The van der Waals surface area contributed by atoms with Gasteiger partial charge in [-0.05, 0) is 90.3 Å². The molecule has 0 spiro atoms. The summed E-state index contributed by atoms with van der Waals surface area (Å²) in [7, 11) is -15.1. The molecule has 4 rings (SSSR count). The van der Waals surface area contributed by atoms with Crippen molar-refractivity contribution < 1.29 is 53.5 Å². The van der Waals surface area contributed by atoms with Gasteiger partial charge in [-0.1, -0.05) is 12.1 Å². The number of ketones is 1. The molecule has 4 aromatic rings. The number of ether oxygens (including phenoxy) is 1. The van der Waals surface area contributed by atoms with E-state index in [0.29, 0.717) is 0 Å². The first kappa shape index (κ1) is 29.9. The smallest absolute Gasteiger partial charge is 0.298 e. The molecule has 0 unspecified atom stereocenters. The van der Waals surface area contributed by atoms with Crippen LogP contribution >= 0.6 is 0 Å². The highest BCUT2D eigenvalue weighted by Gasteiger charge is 2.29. The molecule has 0 heterocycles. The number of aryl methyl sites for hydroxylation is 1. The number of rotatable bonds is 8. The van der Waals surface area contributed by atoms with E-state index in [4.69, 9.17) is 4.74 Å². The van der Waals surface area contributed by atoms with Gasteiger partial charge < -0.3 is 9.84 Å². The Morgan fingerprint density at radius 1 is 0.610 bits per heavy atom. The maximum atomic E-state index is 12.7. The summed E-state index contributed by atoms with van der Waals surface area (Å²) in [4.78, 5) is 9.97. The van der Waals surface area contributed by atoms with Crippen LogP contribution in [0.5, 0.6) is 17.2 Å². The van der Waals surface area contributed by atoms with Crippen molar-refractivity contribution in [2.75, 3.05) is 0 Å². The van der Waals surface area contributed by atoms with E-state index in [0.717, 1.165) is 18.2 Å². The first-order chi connectivity index (χ1) is 18.9. The average molecular weight is 621 g/mol. The Labute approximate surface area is 234 Å². The Hall–Kier alpha value is -4.12. The van der Waals surface area contributed by atoms with E-state index in [1.165, 1.54) is 67.6 Å². The highest BCUT2D eigenvalue weighted by Crippen LogP contribution is 2.40. The average Bonchev–Trinajstić information content (AvgIpc) is 2.87. The summed E-state index contributed by atoms with van der Waals surface area (Å²) in [5.74, 6) is -1.63. The van der Waals surface area contributed by atoms with Crippen LogP contribution < -0.4 is 4.74 Å². The van der Waals surface area contributed by atoms with Crippen LogP contribution in [-0.2, 0) is 30.4 Å². The van der Waals surface area contributed by atoms with E-state index in [-0.39, 0.29) is 39.3 Å². The normalized spacial score (nSPS) is 12.2. The highest BCUT2D eigenvalue weighted by molar-refractivity contribution is 7.87. The minimum Gasteiger partial charge on any atom is -0.508 e. The molecule has 0 aromatic heterocycles. The molecule has 4 N–H and O–H groups in total. The molecule has 0 aliphatic rings. The molecule has 0 saturated heterocycles. The second kappa shape index (κ2) is 10.7. The van der Waals surface area contributed by atoms with E-state index in [9.17, 15) is 48.8 Å². The number of phenolic OH excluding ortho intramolecular Hbond substituents is 1. The number of carbonyl (C=O) groups is 1. The van der Waals surface area contributed by atoms with Gasteiger partial charge in [0.1, 0.15) is 21.3 Å². The summed E-state index contributed by atoms with van der Waals surface area (Å²) >= 11 is 0. The summed E-state index contributed by atoms with van der Waals surface area (Å²) in [6, 6.07) is 15.5. The molecule has 0 atom stereocenters. The third-order valence-corrected chi connectivity index (χ3v) is 8.56. The third kappa shape index (κ3) is 6.62. The molecule has 214 valence electrons. The second-order valence-electron chi connectivity index (χ2n) is 8.71. The Morgan fingerprint density at radius 2 is 1.05 bits per heavy atom. The van der Waals surface area contributed by atoms with Gasteiger partial charge in [-0.3, -0.25) is 18.5 Å². The zero-order valence-electron chi connectivity index (χ0n) is 20.8. The first-order valence-electron chi connectivity index (χ1n) is 11.3. The van der Waals surface area contributed by atoms with E-state index >= 15 is 0 Å². The molecule has 4 aromatic carbocycles. The molecule has 12 nitrogen and oxygen atoms in total. The van der Waals surface area contributed by atoms with Crippen molar-refractivity contribution in [3.63, 3.8) is 0 Å². The lowest BCUT2D eigenvalue weighted by Gasteiger charge is -2.16. The molecule has 0 amide bonds. The van der Waals surface area contributed by atoms with E-state index in [1.54, 1.807) is 0 Å². The highest BCUT2D eigenvalue weighted by atomic mass is 32.2. The molecule has 0 bridgehead atoms.